The first-order valence-electron chi connectivity index (χ1n) is 6.57. The predicted molar refractivity (Wildman–Crippen MR) is 89.4 cm³/mol. The third kappa shape index (κ3) is 3.15. The molecule has 1 aromatic carbocycles. The number of nitrogens with one attached hydrogen (secondary N) is 1. The van der Waals surface area contributed by atoms with Gasteiger partial charge in [0.2, 0.25) is 0 Å². The number of hydrogen-bond acceptors (Lipinski definition) is 5. The van der Waals surface area contributed by atoms with Gasteiger partial charge >= 0.3 is 0 Å². The van der Waals surface area contributed by atoms with E-state index in [1.165, 1.54) is 0 Å². The summed E-state index contributed by atoms with van der Waals surface area (Å²) in [5.41, 5.74) is 7.61. The predicted octanol–water partition coefficient (Wildman–Crippen LogP) is 4.21. The number of nitrogens with zero attached hydrogens (tertiary/aromatic N) is 1. The second-order valence-electron chi connectivity index (χ2n) is 4.69. The zero-order valence-electron chi connectivity index (χ0n) is 11.7. The van der Waals surface area contributed by atoms with E-state index in [1.54, 1.807) is 11.3 Å². The molecule has 0 atom stereocenters. The van der Waals surface area contributed by atoms with E-state index in [4.69, 9.17) is 5.73 Å². The topological polar surface area (TPSA) is 50.9 Å². The second-order valence-corrected chi connectivity index (χ2v) is 7.00. The molecular formula is C14H21N3S2. The van der Waals surface area contributed by atoms with Crippen LogP contribution in [-0.4, -0.2) is 22.5 Å². The van der Waals surface area contributed by atoms with Gasteiger partial charge in [0.05, 0.1) is 10.2 Å². The Morgan fingerprint density at radius 3 is 2.74 bits per heavy atom. The van der Waals surface area contributed by atoms with E-state index in [0.717, 1.165) is 40.4 Å². The molecule has 104 valence electrons. The van der Waals surface area contributed by atoms with Crippen molar-refractivity contribution in [2.24, 2.45) is 0 Å². The molecule has 2 aromatic rings. The van der Waals surface area contributed by atoms with Crippen LogP contribution in [0.1, 0.15) is 26.7 Å². The van der Waals surface area contributed by atoms with Crippen LogP contribution in [0, 0.1) is 0 Å². The summed E-state index contributed by atoms with van der Waals surface area (Å²) < 4.78 is 1.45. The number of fused-ring (bicyclic) bond motifs is 1. The first kappa shape index (κ1) is 14.5. The molecule has 0 aliphatic rings. The van der Waals surface area contributed by atoms with Gasteiger partial charge in [-0.2, -0.15) is 11.8 Å². The molecule has 3 N–H and O–H groups in total. The highest BCUT2D eigenvalue weighted by molar-refractivity contribution is 8.00. The quantitative estimate of drug-likeness (QED) is 0.784. The monoisotopic (exact) mass is 295 g/mol. The van der Waals surface area contributed by atoms with E-state index >= 15 is 0 Å². The number of nitrogen functional groups attached to an aromatic ring is 1. The fraction of sp³-hybridized carbons (Fsp3) is 0.500. The smallest absolute Gasteiger partial charge is 0.183 e. The molecule has 1 heterocycles. The molecule has 0 amide bonds. The molecule has 0 aliphatic heterocycles. The van der Waals surface area contributed by atoms with Crippen molar-refractivity contribution >= 4 is 44.1 Å². The molecule has 0 radical (unpaired) electrons. The minimum Gasteiger partial charge on any atom is -0.399 e. The molecule has 0 bridgehead atoms. The Hall–Kier alpha value is -0.940. The maximum absolute atomic E-state index is 5.80. The summed E-state index contributed by atoms with van der Waals surface area (Å²) >= 11 is 3.61. The highest BCUT2D eigenvalue weighted by atomic mass is 32.2. The number of benzene rings is 1. The highest BCUT2D eigenvalue weighted by Crippen LogP contribution is 2.32. The van der Waals surface area contributed by atoms with Gasteiger partial charge in [0.1, 0.15) is 0 Å². The SMILES string of the molecule is CCC(CC)(CNc1nc2ccc(N)cc2s1)SC. The standard InChI is InChI=1S/C14H21N3S2/c1-4-14(5-2,18-3)9-16-13-17-11-7-6-10(15)8-12(11)19-13/h6-8H,4-5,9,15H2,1-3H3,(H,16,17). The number of rotatable bonds is 6. The van der Waals surface area contributed by atoms with E-state index in [2.05, 4.69) is 30.4 Å². The first-order chi connectivity index (χ1) is 9.12. The van der Waals surface area contributed by atoms with Gasteiger partial charge in [-0.1, -0.05) is 25.2 Å². The number of thiazole rings is 1. The molecule has 0 fully saturated rings. The Labute approximate surface area is 123 Å². The van der Waals surface area contributed by atoms with Crippen LogP contribution < -0.4 is 11.1 Å². The lowest BCUT2D eigenvalue weighted by molar-refractivity contribution is 0.574. The lowest BCUT2D eigenvalue weighted by Crippen LogP contribution is -2.31. The Kier molecular flexibility index (Phi) is 4.58. The number of aromatic nitrogens is 1. The van der Waals surface area contributed by atoms with Crippen molar-refractivity contribution in [3.8, 4) is 0 Å². The van der Waals surface area contributed by atoms with Crippen LogP contribution in [0.2, 0.25) is 0 Å². The molecule has 5 heteroatoms. The summed E-state index contributed by atoms with van der Waals surface area (Å²) in [7, 11) is 0. The Morgan fingerprint density at radius 1 is 1.37 bits per heavy atom. The van der Waals surface area contributed by atoms with E-state index in [1.807, 2.05) is 30.0 Å². The van der Waals surface area contributed by atoms with Gasteiger partial charge in [0, 0.05) is 17.0 Å². The molecule has 1 aromatic heterocycles. The summed E-state index contributed by atoms with van der Waals surface area (Å²) in [4.78, 5) is 4.60. The lowest BCUT2D eigenvalue weighted by atomic mass is 10.0. The molecule has 0 unspecified atom stereocenters. The van der Waals surface area contributed by atoms with Crippen molar-refractivity contribution in [3.63, 3.8) is 0 Å². The zero-order valence-corrected chi connectivity index (χ0v) is 13.3. The van der Waals surface area contributed by atoms with Crippen molar-refractivity contribution in [2.45, 2.75) is 31.4 Å². The van der Waals surface area contributed by atoms with Crippen molar-refractivity contribution in [2.75, 3.05) is 23.9 Å². The minimum absolute atomic E-state index is 0.302. The zero-order chi connectivity index (χ0) is 13.9. The number of thioether (sulfide) groups is 1. The molecule has 0 spiro atoms. The van der Waals surface area contributed by atoms with Crippen LogP contribution >= 0.6 is 23.1 Å². The summed E-state index contributed by atoms with van der Waals surface area (Å²) in [5, 5.41) is 4.48. The number of anilines is 2. The maximum Gasteiger partial charge on any atom is 0.183 e. The van der Waals surface area contributed by atoms with Gasteiger partial charge in [-0.05, 0) is 37.3 Å². The summed E-state index contributed by atoms with van der Waals surface area (Å²) in [6.07, 6.45) is 4.51. The molecule has 19 heavy (non-hydrogen) atoms. The third-order valence-electron chi connectivity index (χ3n) is 3.70. The number of nitrogens with two attached hydrogens (primary N) is 1. The average molecular weight is 295 g/mol. The van der Waals surface area contributed by atoms with Gasteiger partial charge in [-0.3, -0.25) is 0 Å². The Morgan fingerprint density at radius 2 is 2.11 bits per heavy atom. The Bertz CT molecular complexity index is 538. The van der Waals surface area contributed by atoms with Gasteiger partial charge in [-0.15, -0.1) is 0 Å². The average Bonchev–Trinajstić information content (AvgIpc) is 2.83. The van der Waals surface area contributed by atoms with Gasteiger partial charge in [-0.25, -0.2) is 4.98 Å². The van der Waals surface area contributed by atoms with Crippen LogP contribution in [0.15, 0.2) is 18.2 Å². The van der Waals surface area contributed by atoms with Crippen LogP contribution in [0.4, 0.5) is 10.8 Å². The van der Waals surface area contributed by atoms with Crippen molar-refractivity contribution in [3.05, 3.63) is 18.2 Å². The van der Waals surface area contributed by atoms with E-state index < -0.39 is 0 Å². The van der Waals surface area contributed by atoms with E-state index in [9.17, 15) is 0 Å². The molecule has 0 saturated carbocycles. The van der Waals surface area contributed by atoms with E-state index in [-0.39, 0.29) is 0 Å². The van der Waals surface area contributed by atoms with Crippen LogP contribution in [-0.2, 0) is 0 Å². The normalized spacial score (nSPS) is 11.9. The minimum atomic E-state index is 0.302. The molecule has 3 nitrogen and oxygen atoms in total. The summed E-state index contributed by atoms with van der Waals surface area (Å²) in [6, 6.07) is 5.86. The fourth-order valence-corrected chi connectivity index (χ4v) is 3.82. The molecule has 0 aliphatic carbocycles. The third-order valence-corrected chi connectivity index (χ3v) is 6.26. The molecule has 2 rings (SSSR count). The van der Waals surface area contributed by atoms with Crippen molar-refractivity contribution in [1.29, 1.82) is 0 Å². The van der Waals surface area contributed by atoms with Crippen molar-refractivity contribution < 1.29 is 0 Å². The summed E-state index contributed by atoms with van der Waals surface area (Å²) in [6.45, 7) is 5.46. The fourth-order valence-electron chi connectivity index (χ4n) is 2.11. The maximum atomic E-state index is 5.80. The van der Waals surface area contributed by atoms with Crippen LogP contribution in [0.25, 0.3) is 10.2 Å². The van der Waals surface area contributed by atoms with Gasteiger partial charge in [0.25, 0.3) is 0 Å². The van der Waals surface area contributed by atoms with E-state index in [0.29, 0.717) is 4.75 Å². The van der Waals surface area contributed by atoms with Gasteiger partial charge < -0.3 is 11.1 Å². The second kappa shape index (κ2) is 6.01. The molecular weight excluding hydrogens is 274 g/mol. The van der Waals surface area contributed by atoms with Crippen LogP contribution in [0.3, 0.4) is 0 Å². The van der Waals surface area contributed by atoms with Gasteiger partial charge in [0.15, 0.2) is 5.13 Å². The van der Waals surface area contributed by atoms with Crippen LogP contribution in [0.5, 0.6) is 0 Å². The number of hydrogen-bond donors (Lipinski definition) is 2. The van der Waals surface area contributed by atoms with Crippen molar-refractivity contribution in [1.82, 2.24) is 4.98 Å². The summed E-state index contributed by atoms with van der Waals surface area (Å²) in [5.74, 6) is 0. The lowest BCUT2D eigenvalue weighted by Gasteiger charge is -2.29. The first-order valence-corrected chi connectivity index (χ1v) is 8.61. The molecule has 0 saturated heterocycles. The largest absolute Gasteiger partial charge is 0.399 e. The highest BCUT2D eigenvalue weighted by Gasteiger charge is 2.24. The Balaban J connectivity index is 2.13.